The number of amides is 1. The van der Waals surface area contributed by atoms with Crippen molar-refractivity contribution < 1.29 is 4.79 Å². The van der Waals surface area contributed by atoms with Gasteiger partial charge in [-0.25, -0.2) is 4.98 Å². The molecular formula is C23H35N3O2. The summed E-state index contributed by atoms with van der Waals surface area (Å²) in [7, 11) is 1.74. The van der Waals surface area contributed by atoms with E-state index in [1.807, 2.05) is 36.9 Å². The predicted molar refractivity (Wildman–Crippen MR) is 115 cm³/mol. The van der Waals surface area contributed by atoms with Crippen LogP contribution in [0.25, 0.3) is 10.9 Å². The Labute approximate surface area is 168 Å². The van der Waals surface area contributed by atoms with Gasteiger partial charge in [0.15, 0.2) is 0 Å². The molecule has 1 atom stereocenters. The third kappa shape index (κ3) is 5.43. The largest absolute Gasteiger partial charge is 0.333 e. The van der Waals surface area contributed by atoms with Crippen LogP contribution in [-0.4, -0.2) is 26.9 Å². The van der Waals surface area contributed by atoms with Gasteiger partial charge in [-0.3, -0.25) is 14.2 Å². The minimum absolute atomic E-state index is 0.0666. The summed E-state index contributed by atoms with van der Waals surface area (Å²) < 4.78 is 1.58. The molecule has 0 aliphatic heterocycles. The molecule has 1 amide bonds. The molecule has 0 radical (unpaired) electrons. The van der Waals surface area contributed by atoms with Crippen molar-refractivity contribution in [3.05, 3.63) is 40.4 Å². The van der Waals surface area contributed by atoms with E-state index in [1.165, 1.54) is 32.1 Å². The summed E-state index contributed by atoms with van der Waals surface area (Å²) in [4.78, 5) is 32.0. The van der Waals surface area contributed by atoms with Crippen LogP contribution in [0.15, 0.2) is 29.1 Å². The Bertz CT molecular complexity index is 828. The third-order valence-corrected chi connectivity index (χ3v) is 5.51. The van der Waals surface area contributed by atoms with Gasteiger partial charge < -0.3 is 4.90 Å². The zero-order valence-electron chi connectivity index (χ0n) is 17.9. The molecule has 0 saturated carbocycles. The quantitative estimate of drug-likeness (QED) is 0.512. The second kappa shape index (κ2) is 11.0. The van der Waals surface area contributed by atoms with Crippen molar-refractivity contribution in [3.63, 3.8) is 0 Å². The van der Waals surface area contributed by atoms with E-state index in [-0.39, 0.29) is 17.5 Å². The molecular weight excluding hydrogens is 350 g/mol. The molecule has 0 aliphatic rings. The van der Waals surface area contributed by atoms with Crippen LogP contribution in [0.1, 0.15) is 84.0 Å². The SMILES string of the molecule is CCCCCCCCCC(=O)N(CC)C(C)c1nc2ccccc2c(=O)n1C. The zero-order chi connectivity index (χ0) is 20.5. The molecule has 2 rings (SSSR count). The third-order valence-electron chi connectivity index (χ3n) is 5.51. The number of rotatable bonds is 11. The molecule has 5 nitrogen and oxygen atoms in total. The molecule has 0 fully saturated rings. The first-order valence-electron chi connectivity index (χ1n) is 10.8. The van der Waals surface area contributed by atoms with Gasteiger partial charge in [0.05, 0.1) is 16.9 Å². The number of carbonyl (C=O) groups excluding carboxylic acids is 1. The van der Waals surface area contributed by atoms with Crippen molar-refractivity contribution in [1.29, 1.82) is 0 Å². The van der Waals surface area contributed by atoms with Crippen molar-refractivity contribution >= 4 is 16.8 Å². The normalized spacial score (nSPS) is 12.3. The van der Waals surface area contributed by atoms with Crippen LogP contribution in [0.3, 0.4) is 0 Å². The molecule has 154 valence electrons. The number of carbonyl (C=O) groups is 1. The number of nitrogens with zero attached hydrogens (tertiary/aromatic N) is 3. The Hall–Kier alpha value is -2.17. The molecule has 1 unspecified atom stereocenters. The van der Waals surface area contributed by atoms with E-state index < -0.39 is 0 Å². The molecule has 1 heterocycles. The van der Waals surface area contributed by atoms with Crippen molar-refractivity contribution in [2.24, 2.45) is 7.05 Å². The van der Waals surface area contributed by atoms with Crippen LogP contribution in [0.2, 0.25) is 0 Å². The van der Waals surface area contributed by atoms with E-state index in [1.54, 1.807) is 17.7 Å². The summed E-state index contributed by atoms with van der Waals surface area (Å²) >= 11 is 0. The average molecular weight is 386 g/mol. The highest BCUT2D eigenvalue weighted by Crippen LogP contribution is 2.21. The summed E-state index contributed by atoms with van der Waals surface area (Å²) in [6, 6.07) is 7.14. The van der Waals surface area contributed by atoms with Gasteiger partial charge in [0, 0.05) is 20.0 Å². The van der Waals surface area contributed by atoms with Gasteiger partial charge in [0.1, 0.15) is 5.82 Å². The average Bonchev–Trinajstić information content (AvgIpc) is 2.70. The molecule has 0 bridgehead atoms. The second-order valence-electron chi connectivity index (χ2n) is 7.58. The molecule has 5 heteroatoms. The molecule has 0 N–H and O–H groups in total. The van der Waals surface area contributed by atoms with E-state index >= 15 is 0 Å². The summed E-state index contributed by atoms with van der Waals surface area (Å²) in [5.74, 6) is 0.782. The van der Waals surface area contributed by atoms with Crippen LogP contribution in [0.5, 0.6) is 0 Å². The fraction of sp³-hybridized carbons (Fsp3) is 0.609. The molecule has 2 aromatic rings. The lowest BCUT2D eigenvalue weighted by molar-refractivity contribution is -0.133. The summed E-state index contributed by atoms with van der Waals surface area (Å²) in [6.07, 6.45) is 8.92. The Morgan fingerprint density at radius 3 is 2.39 bits per heavy atom. The van der Waals surface area contributed by atoms with Crippen molar-refractivity contribution in [1.82, 2.24) is 14.5 Å². The van der Waals surface area contributed by atoms with Crippen molar-refractivity contribution in [2.75, 3.05) is 6.54 Å². The number of hydrogen-bond donors (Lipinski definition) is 0. The molecule has 0 aliphatic carbocycles. The second-order valence-corrected chi connectivity index (χ2v) is 7.58. The van der Waals surface area contributed by atoms with Gasteiger partial charge in [0.2, 0.25) is 5.91 Å². The Balaban J connectivity index is 2.03. The molecule has 1 aromatic heterocycles. The number of benzene rings is 1. The van der Waals surface area contributed by atoms with Crippen LogP contribution in [0.4, 0.5) is 0 Å². The van der Waals surface area contributed by atoms with Crippen LogP contribution >= 0.6 is 0 Å². The number of fused-ring (bicyclic) bond motifs is 1. The Morgan fingerprint density at radius 1 is 1.07 bits per heavy atom. The summed E-state index contributed by atoms with van der Waals surface area (Å²) in [5.41, 5.74) is 0.617. The smallest absolute Gasteiger partial charge is 0.261 e. The standard InChI is InChI=1S/C23H35N3O2/c1-5-7-8-9-10-11-12-17-21(27)26(6-2)18(3)22-24-20-16-14-13-15-19(20)23(28)25(22)4/h13-16,18H,5-12,17H2,1-4H3. The van der Waals surface area contributed by atoms with Crippen LogP contribution in [-0.2, 0) is 11.8 Å². The Morgan fingerprint density at radius 2 is 1.71 bits per heavy atom. The summed E-state index contributed by atoms with van der Waals surface area (Å²) in [6.45, 7) is 6.78. The van der Waals surface area contributed by atoms with E-state index in [2.05, 4.69) is 6.92 Å². The van der Waals surface area contributed by atoms with E-state index in [4.69, 9.17) is 4.98 Å². The molecule has 1 aromatic carbocycles. The summed E-state index contributed by atoms with van der Waals surface area (Å²) in [5, 5.41) is 0.610. The van der Waals surface area contributed by atoms with E-state index in [0.717, 1.165) is 12.8 Å². The van der Waals surface area contributed by atoms with Gasteiger partial charge in [-0.2, -0.15) is 0 Å². The first-order valence-corrected chi connectivity index (χ1v) is 10.8. The maximum atomic E-state index is 12.8. The highest BCUT2D eigenvalue weighted by atomic mass is 16.2. The lowest BCUT2D eigenvalue weighted by atomic mass is 10.1. The maximum absolute atomic E-state index is 12.8. The number of hydrogen-bond acceptors (Lipinski definition) is 3. The van der Waals surface area contributed by atoms with Gasteiger partial charge in [-0.1, -0.05) is 57.6 Å². The zero-order valence-corrected chi connectivity index (χ0v) is 17.9. The first-order chi connectivity index (χ1) is 13.5. The Kier molecular flexibility index (Phi) is 8.68. The van der Waals surface area contributed by atoms with Gasteiger partial charge in [-0.05, 0) is 32.4 Å². The number of para-hydroxylation sites is 1. The van der Waals surface area contributed by atoms with Crippen molar-refractivity contribution in [3.8, 4) is 0 Å². The van der Waals surface area contributed by atoms with Crippen molar-refractivity contribution in [2.45, 2.75) is 78.2 Å². The first kappa shape index (κ1) is 22.1. The van der Waals surface area contributed by atoms with Crippen LogP contribution in [0, 0.1) is 0 Å². The molecule has 0 spiro atoms. The molecule has 0 saturated heterocycles. The monoisotopic (exact) mass is 385 g/mol. The molecule has 28 heavy (non-hydrogen) atoms. The van der Waals surface area contributed by atoms with Gasteiger partial charge in [-0.15, -0.1) is 0 Å². The topological polar surface area (TPSA) is 55.2 Å². The minimum Gasteiger partial charge on any atom is -0.333 e. The van der Waals surface area contributed by atoms with E-state index in [9.17, 15) is 9.59 Å². The highest BCUT2D eigenvalue weighted by molar-refractivity contribution is 5.78. The van der Waals surface area contributed by atoms with Gasteiger partial charge >= 0.3 is 0 Å². The van der Waals surface area contributed by atoms with Crippen LogP contribution < -0.4 is 5.56 Å². The maximum Gasteiger partial charge on any atom is 0.261 e. The lowest BCUT2D eigenvalue weighted by Gasteiger charge is -2.29. The number of unbranched alkanes of at least 4 members (excludes halogenated alkanes) is 6. The van der Waals surface area contributed by atoms with E-state index in [0.29, 0.717) is 29.7 Å². The number of aromatic nitrogens is 2. The minimum atomic E-state index is -0.232. The highest BCUT2D eigenvalue weighted by Gasteiger charge is 2.23. The fourth-order valence-corrected chi connectivity index (χ4v) is 3.79. The predicted octanol–water partition coefficient (Wildman–Crippen LogP) is 4.98. The fourth-order valence-electron chi connectivity index (χ4n) is 3.79. The van der Waals surface area contributed by atoms with Gasteiger partial charge in [0.25, 0.3) is 5.56 Å². The lowest BCUT2D eigenvalue weighted by Crippen LogP contribution is -2.37.